The van der Waals surface area contributed by atoms with Gasteiger partial charge in [0.25, 0.3) is 0 Å². The van der Waals surface area contributed by atoms with Gasteiger partial charge in [-0.15, -0.1) is 0 Å². The molecule has 2 aliphatic carbocycles. The second kappa shape index (κ2) is 3.52. The number of carbonyl (C=O) groups excluding carboxylic acids is 1. The summed E-state index contributed by atoms with van der Waals surface area (Å²) in [5.41, 5.74) is 0. The van der Waals surface area contributed by atoms with Crippen molar-refractivity contribution < 1.29 is 9.53 Å². The zero-order valence-electron chi connectivity index (χ0n) is 8.03. The Hall–Kier alpha value is -0.790. The van der Waals surface area contributed by atoms with Crippen molar-refractivity contribution in [3.05, 3.63) is 12.2 Å². The third kappa shape index (κ3) is 1.77. The topological polar surface area (TPSA) is 26.3 Å². The zero-order chi connectivity index (χ0) is 9.26. The molecule has 0 heterocycles. The lowest BCUT2D eigenvalue weighted by Gasteiger charge is -2.17. The van der Waals surface area contributed by atoms with Gasteiger partial charge in [-0.05, 0) is 37.0 Å². The Morgan fingerprint density at radius 3 is 2.77 bits per heavy atom. The molecule has 72 valence electrons. The lowest BCUT2D eigenvalue weighted by molar-refractivity contribution is -0.134. The van der Waals surface area contributed by atoms with Crippen LogP contribution >= 0.6 is 0 Å². The van der Waals surface area contributed by atoms with Crippen molar-refractivity contribution >= 4 is 5.97 Å². The first-order valence-electron chi connectivity index (χ1n) is 5.05. The molecule has 0 unspecified atom stereocenters. The Morgan fingerprint density at radius 2 is 2.23 bits per heavy atom. The molecular formula is C11H16O2. The molecule has 2 rings (SSSR count). The molecule has 0 aliphatic heterocycles. The summed E-state index contributed by atoms with van der Waals surface area (Å²) in [5, 5.41) is 0. The van der Waals surface area contributed by atoms with Gasteiger partial charge in [0.05, 0.1) is 7.11 Å². The summed E-state index contributed by atoms with van der Waals surface area (Å²) in [5.74, 6) is 2.23. The van der Waals surface area contributed by atoms with E-state index in [1.807, 2.05) is 0 Å². The highest BCUT2D eigenvalue weighted by Crippen LogP contribution is 2.48. The van der Waals surface area contributed by atoms with Gasteiger partial charge in [-0.1, -0.05) is 12.5 Å². The van der Waals surface area contributed by atoms with E-state index in [4.69, 9.17) is 0 Å². The van der Waals surface area contributed by atoms with E-state index in [-0.39, 0.29) is 5.97 Å². The number of methoxy groups -OCH3 is 1. The number of fused-ring (bicyclic) bond motifs is 2. The highest BCUT2D eigenvalue weighted by atomic mass is 16.5. The van der Waals surface area contributed by atoms with Crippen molar-refractivity contribution in [1.82, 2.24) is 0 Å². The van der Waals surface area contributed by atoms with Crippen LogP contribution in [0.5, 0.6) is 0 Å². The fourth-order valence-corrected chi connectivity index (χ4v) is 2.80. The van der Waals surface area contributed by atoms with Gasteiger partial charge < -0.3 is 4.74 Å². The van der Waals surface area contributed by atoms with Gasteiger partial charge in [-0.2, -0.15) is 0 Å². The maximum Gasteiger partial charge on any atom is 0.330 e. The average Bonchev–Trinajstić information content (AvgIpc) is 2.74. The SMILES string of the molecule is COC(=O)/C=C/[C@@H]1C[C@H]2CC[C@@H]1C2. The van der Waals surface area contributed by atoms with Crippen molar-refractivity contribution in [2.45, 2.75) is 25.7 Å². The summed E-state index contributed by atoms with van der Waals surface area (Å²) in [6, 6.07) is 0. The minimum atomic E-state index is -0.220. The Labute approximate surface area is 79.0 Å². The smallest absolute Gasteiger partial charge is 0.330 e. The van der Waals surface area contributed by atoms with E-state index in [2.05, 4.69) is 10.8 Å². The average molecular weight is 180 g/mol. The number of ether oxygens (including phenoxy) is 1. The van der Waals surface area contributed by atoms with Gasteiger partial charge in [0.15, 0.2) is 0 Å². The van der Waals surface area contributed by atoms with Crippen LogP contribution in [0.2, 0.25) is 0 Å². The standard InChI is InChI=1S/C11H16O2/c1-13-11(12)5-4-10-7-8-2-3-9(10)6-8/h4-5,8-10H,2-3,6-7H2,1H3/b5-4+/t8-,9+,10+/m0/s1. The monoisotopic (exact) mass is 180 g/mol. The first-order valence-corrected chi connectivity index (χ1v) is 5.05. The molecule has 0 amide bonds. The molecule has 13 heavy (non-hydrogen) atoms. The summed E-state index contributed by atoms with van der Waals surface area (Å²) >= 11 is 0. The van der Waals surface area contributed by atoms with Crippen LogP contribution in [0.4, 0.5) is 0 Å². The highest BCUT2D eigenvalue weighted by molar-refractivity contribution is 5.81. The van der Waals surface area contributed by atoms with Crippen LogP contribution in [0, 0.1) is 17.8 Å². The van der Waals surface area contributed by atoms with Gasteiger partial charge in [0.1, 0.15) is 0 Å². The summed E-state index contributed by atoms with van der Waals surface area (Å²) in [6.07, 6.45) is 9.09. The third-order valence-corrected chi connectivity index (χ3v) is 3.47. The Bertz CT molecular complexity index is 232. The number of rotatable bonds is 2. The fourth-order valence-electron chi connectivity index (χ4n) is 2.80. The molecule has 0 spiro atoms. The van der Waals surface area contributed by atoms with E-state index in [0.717, 1.165) is 11.8 Å². The maximum atomic E-state index is 10.9. The molecule has 2 aliphatic rings. The van der Waals surface area contributed by atoms with Crippen molar-refractivity contribution in [3.63, 3.8) is 0 Å². The molecule has 0 saturated heterocycles. The van der Waals surface area contributed by atoms with Gasteiger partial charge >= 0.3 is 5.97 Å². The lowest BCUT2D eigenvalue weighted by atomic mass is 9.89. The minimum Gasteiger partial charge on any atom is -0.466 e. The summed E-state index contributed by atoms with van der Waals surface area (Å²) < 4.78 is 4.56. The van der Waals surface area contributed by atoms with Crippen LogP contribution in [0.3, 0.4) is 0 Å². The van der Waals surface area contributed by atoms with Gasteiger partial charge in [0, 0.05) is 6.08 Å². The van der Waals surface area contributed by atoms with Gasteiger partial charge in [-0.25, -0.2) is 4.79 Å². The van der Waals surface area contributed by atoms with E-state index in [0.29, 0.717) is 5.92 Å². The molecule has 0 radical (unpaired) electrons. The molecule has 2 bridgehead atoms. The Balaban J connectivity index is 1.89. The predicted octanol–water partition coefficient (Wildman–Crippen LogP) is 2.15. The fraction of sp³-hybridized carbons (Fsp3) is 0.727. The number of hydrogen-bond acceptors (Lipinski definition) is 2. The predicted molar refractivity (Wildman–Crippen MR) is 50.1 cm³/mol. The van der Waals surface area contributed by atoms with Crippen molar-refractivity contribution in [3.8, 4) is 0 Å². The molecule has 0 aromatic carbocycles. The van der Waals surface area contributed by atoms with Crippen LogP contribution in [0.25, 0.3) is 0 Å². The summed E-state index contributed by atoms with van der Waals surface area (Å²) in [4.78, 5) is 10.9. The van der Waals surface area contributed by atoms with Crippen LogP contribution < -0.4 is 0 Å². The van der Waals surface area contributed by atoms with E-state index >= 15 is 0 Å². The normalized spacial score (nSPS) is 37.2. The van der Waals surface area contributed by atoms with Crippen molar-refractivity contribution in [2.75, 3.05) is 7.11 Å². The Morgan fingerprint density at radius 1 is 1.38 bits per heavy atom. The molecule has 2 fully saturated rings. The summed E-state index contributed by atoms with van der Waals surface area (Å²) in [7, 11) is 1.42. The zero-order valence-corrected chi connectivity index (χ0v) is 8.03. The molecule has 2 nitrogen and oxygen atoms in total. The number of carbonyl (C=O) groups is 1. The molecule has 0 aromatic heterocycles. The van der Waals surface area contributed by atoms with Crippen LogP contribution in [-0.2, 0) is 9.53 Å². The van der Waals surface area contributed by atoms with Gasteiger partial charge in [-0.3, -0.25) is 0 Å². The molecule has 0 N–H and O–H groups in total. The minimum absolute atomic E-state index is 0.220. The van der Waals surface area contributed by atoms with Crippen LogP contribution in [0.1, 0.15) is 25.7 Å². The quantitative estimate of drug-likeness (QED) is 0.481. The van der Waals surface area contributed by atoms with E-state index in [1.165, 1.54) is 32.8 Å². The molecule has 3 atom stereocenters. The van der Waals surface area contributed by atoms with Crippen LogP contribution in [0.15, 0.2) is 12.2 Å². The highest BCUT2D eigenvalue weighted by Gasteiger charge is 2.37. The van der Waals surface area contributed by atoms with Crippen LogP contribution in [-0.4, -0.2) is 13.1 Å². The van der Waals surface area contributed by atoms with Gasteiger partial charge in [0.2, 0.25) is 0 Å². The van der Waals surface area contributed by atoms with E-state index in [9.17, 15) is 4.79 Å². The first-order chi connectivity index (χ1) is 6.29. The number of esters is 1. The summed E-state index contributed by atoms with van der Waals surface area (Å²) in [6.45, 7) is 0. The number of hydrogen-bond donors (Lipinski definition) is 0. The van der Waals surface area contributed by atoms with E-state index in [1.54, 1.807) is 6.08 Å². The van der Waals surface area contributed by atoms with E-state index < -0.39 is 0 Å². The molecule has 2 heteroatoms. The molecular weight excluding hydrogens is 164 g/mol. The van der Waals surface area contributed by atoms with Crippen molar-refractivity contribution in [1.29, 1.82) is 0 Å². The van der Waals surface area contributed by atoms with Crippen molar-refractivity contribution in [2.24, 2.45) is 17.8 Å². The molecule has 2 saturated carbocycles. The second-order valence-corrected chi connectivity index (χ2v) is 4.22. The third-order valence-electron chi connectivity index (χ3n) is 3.47. The second-order valence-electron chi connectivity index (χ2n) is 4.22. The maximum absolute atomic E-state index is 10.9. The molecule has 0 aromatic rings. The number of allylic oxidation sites excluding steroid dienone is 1. The Kier molecular flexibility index (Phi) is 2.38. The lowest BCUT2D eigenvalue weighted by Crippen LogP contribution is -2.08. The largest absolute Gasteiger partial charge is 0.466 e. The first kappa shape index (κ1) is 8.79.